The molecule has 158 valence electrons. The number of rotatable bonds is 5. The number of fused-ring (bicyclic) bond motifs is 1. The van der Waals surface area contributed by atoms with Crippen molar-refractivity contribution >= 4 is 28.8 Å². The molecule has 11 heteroatoms. The molecule has 0 unspecified atom stereocenters. The Kier molecular flexibility index (Phi) is 5.51. The molecule has 0 bridgehead atoms. The van der Waals surface area contributed by atoms with Gasteiger partial charge in [-0.1, -0.05) is 0 Å². The molecule has 0 radical (unpaired) electrons. The quantitative estimate of drug-likeness (QED) is 0.561. The molecule has 0 aliphatic carbocycles. The molecule has 1 fully saturated rings. The Bertz CT molecular complexity index is 1010. The van der Waals surface area contributed by atoms with E-state index in [9.17, 15) is 9.59 Å². The van der Waals surface area contributed by atoms with Crippen LogP contribution in [0.5, 0.6) is 0 Å². The summed E-state index contributed by atoms with van der Waals surface area (Å²) in [6.07, 6.45) is -1.75. The van der Waals surface area contributed by atoms with E-state index in [4.69, 9.17) is 19.1 Å². The second kappa shape index (κ2) is 7.74. The van der Waals surface area contributed by atoms with E-state index in [0.29, 0.717) is 0 Å². The number of hydrogen-bond acceptors (Lipinski definition) is 7. The summed E-state index contributed by atoms with van der Waals surface area (Å²) in [7, 11) is 1.43. The van der Waals surface area contributed by atoms with Gasteiger partial charge in [0.25, 0.3) is 5.91 Å². The van der Waals surface area contributed by atoms with Crippen molar-refractivity contribution in [1.82, 2.24) is 9.88 Å². The number of carbonyl (C=O) groups is 2. The van der Waals surface area contributed by atoms with Gasteiger partial charge in [-0.05, 0) is 25.9 Å². The largest absolute Gasteiger partial charge is 0.434 e. The summed E-state index contributed by atoms with van der Waals surface area (Å²) >= 11 is 0. The van der Waals surface area contributed by atoms with E-state index in [1.807, 2.05) is 20.8 Å². The highest BCUT2D eigenvalue weighted by Gasteiger charge is 2.37. The third-order valence-corrected chi connectivity index (χ3v) is 4.29. The minimum absolute atomic E-state index is 0.00392. The maximum absolute atomic E-state index is 15.1. The van der Waals surface area contributed by atoms with Crippen molar-refractivity contribution in [2.24, 2.45) is 5.16 Å². The smallest absolute Gasteiger partial charge is 0.415 e. The molecule has 1 aliphatic heterocycles. The van der Waals surface area contributed by atoms with Gasteiger partial charge in [-0.25, -0.2) is 9.18 Å². The first kappa shape index (κ1) is 20.6. The third-order valence-electron chi connectivity index (χ3n) is 4.29. The SMILES string of the molecule is CNC(=O)[C@H]1CN(c2cc(F)c3c(c2)o/c(=N/OCCO)n3C(C)(C)C)C(=O)O1. The predicted molar refractivity (Wildman–Crippen MR) is 99.4 cm³/mol. The second-order valence-electron chi connectivity index (χ2n) is 7.41. The normalized spacial score (nSPS) is 17.7. The van der Waals surface area contributed by atoms with Crippen LogP contribution in [0.15, 0.2) is 21.7 Å². The van der Waals surface area contributed by atoms with Crippen molar-refractivity contribution in [3.63, 3.8) is 0 Å². The summed E-state index contributed by atoms with van der Waals surface area (Å²) in [6.45, 7) is 5.18. The van der Waals surface area contributed by atoms with Gasteiger partial charge in [0.15, 0.2) is 17.5 Å². The lowest BCUT2D eigenvalue weighted by Gasteiger charge is -2.21. The molecule has 0 saturated carbocycles. The number of halogens is 1. The molecule has 2 aromatic rings. The Labute approximate surface area is 165 Å². The number of aliphatic hydroxyl groups is 1. The van der Waals surface area contributed by atoms with Crippen LogP contribution in [0.25, 0.3) is 11.1 Å². The van der Waals surface area contributed by atoms with Gasteiger partial charge in [-0.15, -0.1) is 0 Å². The first-order chi connectivity index (χ1) is 13.7. The van der Waals surface area contributed by atoms with Crippen LogP contribution in [-0.4, -0.2) is 54.6 Å². The average Bonchev–Trinajstić information content (AvgIpc) is 3.21. The van der Waals surface area contributed by atoms with Crippen LogP contribution < -0.4 is 15.9 Å². The third kappa shape index (κ3) is 3.90. The van der Waals surface area contributed by atoms with Crippen LogP contribution in [0.4, 0.5) is 14.9 Å². The molecule has 1 aliphatic rings. The van der Waals surface area contributed by atoms with Crippen molar-refractivity contribution < 1.29 is 33.1 Å². The number of aromatic nitrogens is 1. The van der Waals surface area contributed by atoms with E-state index in [-0.39, 0.29) is 42.2 Å². The van der Waals surface area contributed by atoms with Gasteiger partial charge in [0.2, 0.25) is 0 Å². The highest BCUT2D eigenvalue weighted by Crippen LogP contribution is 2.30. The van der Waals surface area contributed by atoms with Gasteiger partial charge >= 0.3 is 11.8 Å². The zero-order chi connectivity index (χ0) is 21.3. The van der Waals surface area contributed by atoms with Crippen LogP contribution >= 0.6 is 0 Å². The number of anilines is 1. The first-order valence-corrected chi connectivity index (χ1v) is 8.99. The lowest BCUT2D eigenvalue weighted by atomic mass is 10.1. The van der Waals surface area contributed by atoms with Crippen molar-refractivity contribution in [2.45, 2.75) is 32.4 Å². The number of carbonyl (C=O) groups excluding carboxylic acids is 2. The van der Waals surface area contributed by atoms with Crippen molar-refractivity contribution in [3.8, 4) is 0 Å². The number of benzene rings is 1. The van der Waals surface area contributed by atoms with E-state index < -0.39 is 29.5 Å². The van der Waals surface area contributed by atoms with Gasteiger partial charge in [0, 0.05) is 24.7 Å². The molecule has 2 N–H and O–H groups in total. The van der Waals surface area contributed by atoms with Crippen molar-refractivity contribution in [3.05, 3.63) is 23.6 Å². The molecule has 2 heterocycles. The van der Waals surface area contributed by atoms with E-state index in [0.717, 1.165) is 4.90 Å². The Balaban J connectivity index is 2.09. The maximum Gasteiger partial charge on any atom is 0.415 e. The Hall–Kier alpha value is -3.08. The fourth-order valence-corrected chi connectivity index (χ4v) is 3.05. The van der Waals surface area contributed by atoms with Crippen LogP contribution in [0.1, 0.15) is 20.8 Å². The number of ether oxygens (including phenoxy) is 1. The monoisotopic (exact) mass is 410 g/mol. The molecule has 1 aromatic carbocycles. The average molecular weight is 410 g/mol. The Morgan fingerprint density at radius 2 is 2.17 bits per heavy atom. The zero-order valence-corrected chi connectivity index (χ0v) is 16.6. The number of nitrogens with one attached hydrogen (secondary N) is 1. The van der Waals surface area contributed by atoms with Crippen LogP contribution in [0, 0.1) is 5.82 Å². The summed E-state index contributed by atoms with van der Waals surface area (Å²) < 4.78 is 27.3. The lowest BCUT2D eigenvalue weighted by Crippen LogP contribution is -2.35. The summed E-state index contributed by atoms with van der Waals surface area (Å²) in [5.41, 5.74) is -0.139. The maximum atomic E-state index is 15.1. The summed E-state index contributed by atoms with van der Waals surface area (Å²) in [5.74, 6) is -1.09. The highest BCUT2D eigenvalue weighted by atomic mass is 19.1. The van der Waals surface area contributed by atoms with Crippen LogP contribution in [-0.2, 0) is 19.9 Å². The second-order valence-corrected chi connectivity index (χ2v) is 7.41. The number of oxazole rings is 1. The molecule has 1 saturated heterocycles. The summed E-state index contributed by atoms with van der Waals surface area (Å²) in [6, 6.07) is 2.64. The number of cyclic esters (lactones) is 1. The molecule has 3 rings (SSSR count). The number of nitrogens with zero attached hydrogens (tertiary/aromatic N) is 3. The van der Waals surface area contributed by atoms with Gasteiger partial charge in [0.05, 0.1) is 18.8 Å². The number of hydrogen-bond donors (Lipinski definition) is 2. The molecule has 2 amide bonds. The van der Waals surface area contributed by atoms with Gasteiger partial charge in [-0.2, -0.15) is 0 Å². The number of likely N-dealkylation sites (N-methyl/N-ethyl adjacent to an activating group) is 1. The Morgan fingerprint density at radius 3 is 2.79 bits per heavy atom. The van der Waals surface area contributed by atoms with Crippen molar-refractivity contribution in [2.75, 3.05) is 31.7 Å². The Morgan fingerprint density at radius 1 is 1.45 bits per heavy atom. The molecule has 29 heavy (non-hydrogen) atoms. The van der Waals surface area contributed by atoms with Crippen molar-refractivity contribution in [1.29, 1.82) is 0 Å². The minimum atomic E-state index is -0.986. The van der Waals surface area contributed by atoms with E-state index in [2.05, 4.69) is 10.5 Å². The van der Waals surface area contributed by atoms with Gasteiger partial charge in [0.1, 0.15) is 12.1 Å². The van der Waals surface area contributed by atoms with E-state index in [1.165, 1.54) is 23.7 Å². The van der Waals surface area contributed by atoms with E-state index in [1.54, 1.807) is 0 Å². The molecular weight excluding hydrogens is 387 g/mol. The molecule has 10 nitrogen and oxygen atoms in total. The summed E-state index contributed by atoms with van der Waals surface area (Å²) in [4.78, 5) is 30.0. The van der Waals surface area contributed by atoms with Crippen LogP contribution in [0.3, 0.4) is 0 Å². The topological polar surface area (TPSA) is 119 Å². The molecule has 1 aromatic heterocycles. The number of aliphatic hydroxyl groups excluding tert-OH is 1. The molecule has 1 atom stereocenters. The highest BCUT2D eigenvalue weighted by molar-refractivity contribution is 5.96. The van der Waals surface area contributed by atoms with Crippen LogP contribution in [0.2, 0.25) is 0 Å². The lowest BCUT2D eigenvalue weighted by molar-refractivity contribution is -0.127. The minimum Gasteiger partial charge on any atom is -0.434 e. The predicted octanol–water partition coefficient (Wildman–Crippen LogP) is 1.02. The first-order valence-electron chi connectivity index (χ1n) is 8.99. The fraction of sp³-hybridized carbons (Fsp3) is 0.500. The zero-order valence-electron chi connectivity index (χ0n) is 16.6. The fourth-order valence-electron chi connectivity index (χ4n) is 3.05. The molecular formula is C18H23FN4O6. The van der Waals surface area contributed by atoms with Gasteiger partial charge < -0.3 is 24.4 Å². The van der Waals surface area contributed by atoms with Gasteiger partial charge in [-0.3, -0.25) is 14.3 Å². The van der Waals surface area contributed by atoms with E-state index >= 15 is 4.39 Å². The summed E-state index contributed by atoms with van der Waals surface area (Å²) in [5, 5.41) is 15.1. The number of amides is 2. The standard InChI is InChI=1S/C18H23FN4O6/c1-18(2,3)23-14-11(19)7-10(8-12(14)28-16(23)21-27-6-5-24)22-9-13(15(25)20-4)29-17(22)26/h7-8,13,24H,5-6,9H2,1-4H3,(H,20,25)/b21-16+/t13-/m1/s1. The molecule has 0 spiro atoms.